The summed E-state index contributed by atoms with van der Waals surface area (Å²) in [4.78, 5) is 0. The van der Waals surface area contributed by atoms with Crippen molar-refractivity contribution >= 4 is 24.3 Å². The Morgan fingerprint density at radius 2 is 2.11 bits per heavy atom. The van der Waals surface area contributed by atoms with Gasteiger partial charge in [0.25, 0.3) is 0 Å². The van der Waals surface area contributed by atoms with Crippen LogP contribution < -0.4 is 5.46 Å². The molecule has 1 aromatic carbocycles. The van der Waals surface area contributed by atoms with Gasteiger partial charge in [-0.2, -0.15) is 0 Å². The molecule has 0 atom stereocenters. The van der Waals surface area contributed by atoms with Gasteiger partial charge in [0.2, 0.25) is 0 Å². The van der Waals surface area contributed by atoms with Crippen LogP contribution in [0.2, 0.25) is 0 Å². The SMILES string of the molecule is Cc1nnc(SCc2cccc(B(O)O)c2)n1C. The van der Waals surface area contributed by atoms with Crippen LogP contribution in [0.15, 0.2) is 29.4 Å². The molecule has 5 nitrogen and oxygen atoms in total. The van der Waals surface area contributed by atoms with E-state index in [0.29, 0.717) is 11.2 Å². The monoisotopic (exact) mass is 263 g/mol. The van der Waals surface area contributed by atoms with Crippen molar-refractivity contribution in [1.82, 2.24) is 14.8 Å². The van der Waals surface area contributed by atoms with E-state index in [1.165, 1.54) is 0 Å². The van der Waals surface area contributed by atoms with E-state index in [0.717, 1.165) is 16.5 Å². The van der Waals surface area contributed by atoms with E-state index < -0.39 is 7.12 Å². The first-order valence-corrected chi connectivity index (χ1v) is 6.50. The first kappa shape index (κ1) is 13.1. The van der Waals surface area contributed by atoms with Crippen molar-refractivity contribution in [3.8, 4) is 0 Å². The minimum absolute atomic E-state index is 0.502. The highest BCUT2D eigenvalue weighted by molar-refractivity contribution is 7.98. The molecule has 94 valence electrons. The summed E-state index contributed by atoms with van der Waals surface area (Å²) < 4.78 is 1.93. The average Bonchev–Trinajstić information content (AvgIpc) is 2.68. The molecule has 0 saturated heterocycles. The van der Waals surface area contributed by atoms with Crippen molar-refractivity contribution in [2.75, 3.05) is 0 Å². The van der Waals surface area contributed by atoms with Crippen LogP contribution in [-0.4, -0.2) is 31.9 Å². The molecule has 2 N–H and O–H groups in total. The number of aromatic nitrogens is 3. The Kier molecular flexibility index (Phi) is 4.06. The maximum absolute atomic E-state index is 9.10. The van der Waals surface area contributed by atoms with E-state index in [4.69, 9.17) is 10.0 Å². The molecule has 0 aliphatic carbocycles. The number of rotatable bonds is 4. The smallest absolute Gasteiger partial charge is 0.423 e. The number of thioether (sulfide) groups is 1. The highest BCUT2D eigenvalue weighted by Gasteiger charge is 2.11. The lowest BCUT2D eigenvalue weighted by atomic mass is 9.80. The van der Waals surface area contributed by atoms with E-state index >= 15 is 0 Å². The Bertz CT molecular complexity index is 545. The van der Waals surface area contributed by atoms with Gasteiger partial charge in [-0.05, 0) is 17.9 Å². The molecule has 2 rings (SSSR count). The van der Waals surface area contributed by atoms with Gasteiger partial charge in [0.05, 0.1) is 0 Å². The van der Waals surface area contributed by atoms with Crippen molar-refractivity contribution in [1.29, 1.82) is 0 Å². The van der Waals surface area contributed by atoms with Gasteiger partial charge in [-0.15, -0.1) is 10.2 Å². The third kappa shape index (κ3) is 2.93. The Morgan fingerprint density at radius 1 is 1.33 bits per heavy atom. The molecule has 0 amide bonds. The normalized spacial score (nSPS) is 10.7. The lowest BCUT2D eigenvalue weighted by Gasteiger charge is -2.04. The number of aryl methyl sites for hydroxylation is 1. The summed E-state index contributed by atoms with van der Waals surface area (Å²) in [5.74, 6) is 1.59. The second kappa shape index (κ2) is 5.56. The van der Waals surface area contributed by atoms with Crippen LogP contribution in [0.25, 0.3) is 0 Å². The fraction of sp³-hybridized carbons (Fsp3) is 0.273. The molecule has 0 unspecified atom stereocenters. The van der Waals surface area contributed by atoms with Crippen molar-refractivity contribution in [3.05, 3.63) is 35.7 Å². The number of hydrogen-bond acceptors (Lipinski definition) is 5. The Morgan fingerprint density at radius 3 is 2.72 bits per heavy atom. The summed E-state index contributed by atoms with van der Waals surface area (Å²) in [5, 5.41) is 27.1. The van der Waals surface area contributed by atoms with Crippen molar-refractivity contribution in [2.45, 2.75) is 17.8 Å². The molecule has 0 spiro atoms. The van der Waals surface area contributed by atoms with E-state index in [-0.39, 0.29) is 0 Å². The third-order valence-corrected chi connectivity index (χ3v) is 3.76. The summed E-state index contributed by atoms with van der Waals surface area (Å²) in [6.07, 6.45) is 0. The molecule has 0 bridgehead atoms. The number of nitrogens with zero attached hydrogens (tertiary/aromatic N) is 3. The summed E-state index contributed by atoms with van der Waals surface area (Å²) in [6, 6.07) is 7.22. The standard InChI is InChI=1S/C11H14BN3O2S/c1-8-13-14-11(15(8)2)18-7-9-4-3-5-10(6-9)12(16)17/h3-6,16-17H,7H2,1-2H3. The molecule has 1 heterocycles. The second-order valence-electron chi connectivity index (χ2n) is 4.00. The lowest BCUT2D eigenvalue weighted by Crippen LogP contribution is -2.29. The molecule has 0 aliphatic rings. The van der Waals surface area contributed by atoms with Gasteiger partial charge < -0.3 is 14.6 Å². The molecule has 0 saturated carbocycles. The van der Waals surface area contributed by atoms with Gasteiger partial charge in [-0.3, -0.25) is 0 Å². The van der Waals surface area contributed by atoms with Crippen molar-refractivity contribution in [3.63, 3.8) is 0 Å². The summed E-state index contributed by atoms with van der Waals surface area (Å²) in [6.45, 7) is 1.90. The summed E-state index contributed by atoms with van der Waals surface area (Å²) >= 11 is 1.57. The summed E-state index contributed by atoms with van der Waals surface area (Å²) in [5.41, 5.74) is 1.52. The topological polar surface area (TPSA) is 71.2 Å². The number of benzene rings is 1. The zero-order valence-corrected chi connectivity index (χ0v) is 11.1. The zero-order valence-electron chi connectivity index (χ0n) is 10.2. The minimum Gasteiger partial charge on any atom is -0.423 e. The molecule has 0 radical (unpaired) electrons. The van der Waals surface area contributed by atoms with Crippen LogP contribution >= 0.6 is 11.8 Å². The molecule has 7 heteroatoms. The maximum atomic E-state index is 9.10. The maximum Gasteiger partial charge on any atom is 0.488 e. The molecular weight excluding hydrogens is 249 g/mol. The molecule has 0 fully saturated rings. The van der Waals surface area contributed by atoms with Gasteiger partial charge in [0, 0.05) is 12.8 Å². The largest absolute Gasteiger partial charge is 0.488 e. The molecule has 18 heavy (non-hydrogen) atoms. The number of hydrogen-bond donors (Lipinski definition) is 2. The van der Waals surface area contributed by atoms with Gasteiger partial charge >= 0.3 is 7.12 Å². The van der Waals surface area contributed by atoms with Crippen LogP contribution in [-0.2, 0) is 12.8 Å². The Labute approximate surface area is 110 Å². The van der Waals surface area contributed by atoms with Crippen LogP contribution in [0.4, 0.5) is 0 Å². The fourth-order valence-corrected chi connectivity index (χ4v) is 2.40. The van der Waals surface area contributed by atoms with Crippen LogP contribution in [0.5, 0.6) is 0 Å². The van der Waals surface area contributed by atoms with E-state index in [1.807, 2.05) is 30.7 Å². The Balaban J connectivity index is 2.06. The van der Waals surface area contributed by atoms with Crippen LogP contribution in [0.3, 0.4) is 0 Å². The first-order chi connectivity index (χ1) is 8.58. The molecule has 1 aromatic heterocycles. The minimum atomic E-state index is -1.42. The van der Waals surface area contributed by atoms with Gasteiger partial charge in [-0.1, -0.05) is 36.0 Å². The zero-order chi connectivity index (χ0) is 13.1. The Hall–Kier alpha value is -1.31. The quantitative estimate of drug-likeness (QED) is 0.604. The summed E-state index contributed by atoms with van der Waals surface area (Å²) in [7, 11) is 0.498. The fourth-order valence-electron chi connectivity index (χ4n) is 1.50. The van der Waals surface area contributed by atoms with Crippen molar-refractivity contribution < 1.29 is 10.0 Å². The van der Waals surface area contributed by atoms with Gasteiger partial charge in [-0.25, -0.2) is 0 Å². The van der Waals surface area contributed by atoms with Gasteiger partial charge in [0.1, 0.15) is 5.82 Å². The predicted molar refractivity (Wildman–Crippen MR) is 71.6 cm³/mol. The van der Waals surface area contributed by atoms with Crippen LogP contribution in [0.1, 0.15) is 11.4 Å². The first-order valence-electron chi connectivity index (χ1n) is 5.51. The van der Waals surface area contributed by atoms with Crippen molar-refractivity contribution in [2.24, 2.45) is 7.05 Å². The lowest BCUT2D eigenvalue weighted by molar-refractivity contribution is 0.425. The van der Waals surface area contributed by atoms with Crippen LogP contribution in [0, 0.1) is 6.92 Å². The molecule has 0 aliphatic heterocycles. The highest BCUT2D eigenvalue weighted by Crippen LogP contribution is 2.20. The van der Waals surface area contributed by atoms with Gasteiger partial charge in [0.15, 0.2) is 5.16 Å². The average molecular weight is 263 g/mol. The molecule has 2 aromatic rings. The third-order valence-electron chi connectivity index (χ3n) is 2.67. The molecular formula is C11H14BN3O2S. The van der Waals surface area contributed by atoms with E-state index in [2.05, 4.69) is 10.2 Å². The van der Waals surface area contributed by atoms with E-state index in [9.17, 15) is 0 Å². The second-order valence-corrected chi connectivity index (χ2v) is 4.94. The van der Waals surface area contributed by atoms with E-state index in [1.54, 1.807) is 23.9 Å². The predicted octanol–water partition coefficient (Wildman–Crippen LogP) is 0.0956. The highest BCUT2D eigenvalue weighted by atomic mass is 32.2.